The SMILES string of the molecule is CN(C(=O)c1ccn([C@H]2CCCNC2)n1)[C@@H]1CCSC1. The highest BCUT2D eigenvalue weighted by Crippen LogP contribution is 2.23. The number of thioether (sulfide) groups is 1. The minimum Gasteiger partial charge on any atom is -0.336 e. The molecule has 2 saturated heterocycles. The topological polar surface area (TPSA) is 50.2 Å². The molecule has 5 nitrogen and oxygen atoms in total. The zero-order valence-electron chi connectivity index (χ0n) is 11.9. The van der Waals surface area contributed by atoms with Crippen molar-refractivity contribution < 1.29 is 4.79 Å². The lowest BCUT2D eigenvalue weighted by atomic mass is 10.1. The monoisotopic (exact) mass is 294 g/mol. The van der Waals surface area contributed by atoms with E-state index in [1.807, 2.05) is 40.7 Å². The molecule has 2 aliphatic rings. The van der Waals surface area contributed by atoms with Gasteiger partial charge in [-0.1, -0.05) is 0 Å². The molecule has 0 radical (unpaired) electrons. The summed E-state index contributed by atoms with van der Waals surface area (Å²) in [6.07, 6.45) is 5.35. The van der Waals surface area contributed by atoms with Crippen LogP contribution in [0.1, 0.15) is 35.8 Å². The number of carbonyl (C=O) groups excluding carboxylic acids is 1. The third-order valence-corrected chi connectivity index (χ3v) is 5.39. The number of hydrogen-bond acceptors (Lipinski definition) is 4. The normalized spacial score (nSPS) is 26.6. The predicted molar refractivity (Wildman–Crippen MR) is 81.2 cm³/mol. The zero-order chi connectivity index (χ0) is 13.9. The average Bonchev–Trinajstić information content (AvgIpc) is 3.18. The number of carbonyl (C=O) groups is 1. The molecule has 1 aromatic heterocycles. The number of amides is 1. The zero-order valence-corrected chi connectivity index (χ0v) is 12.7. The van der Waals surface area contributed by atoms with E-state index in [1.54, 1.807) is 0 Å². The highest BCUT2D eigenvalue weighted by atomic mass is 32.2. The molecule has 2 fully saturated rings. The van der Waals surface area contributed by atoms with Crippen molar-refractivity contribution in [3.63, 3.8) is 0 Å². The molecule has 20 heavy (non-hydrogen) atoms. The van der Waals surface area contributed by atoms with E-state index in [2.05, 4.69) is 10.4 Å². The summed E-state index contributed by atoms with van der Waals surface area (Å²) in [5.74, 6) is 2.26. The summed E-state index contributed by atoms with van der Waals surface area (Å²) in [5, 5.41) is 7.89. The Kier molecular flexibility index (Phi) is 4.31. The molecule has 6 heteroatoms. The van der Waals surface area contributed by atoms with Gasteiger partial charge in [0.2, 0.25) is 0 Å². The van der Waals surface area contributed by atoms with Crippen LogP contribution in [0.25, 0.3) is 0 Å². The Hall–Kier alpha value is -1.01. The maximum atomic E-state index is 12.5. The molecule has 2 atom stereocenters. The van der Waals surface area contributed by atoms with Crippen LogP contribution in [0, 0.1) is 0 Å². The summed E-state index contributed by atoms with van der Waals surface area (Å²) >= 11 is 1.92. The third-order valence-electron chi connectivity index (χ3n) is 4.25. The molecule has 3 rings (SSSR count). The van der Waals surface area contributed by atoms with Crippen LogP contribution < -0.4 is 5.32 Å². The maximum absolute atomic E-state index is 12.5. The van der Waals surface area contributed by atoms with Gasteiger partial charge in [-0.05, 0) is 37.6 Å². The van der Waals surface area contributed by atoms with Gasteiger partial charge in [-0.15, -0.1) is 0 Å². The molecule has 0 bridgehead atoms. The molecular weight excluding hydrogens is 272 g/mol. The largest absolute Gasteiger partial charge is 0.336 e. The molecule has 0 spiro atoms. The Balaban J connectivity index is 1.67. The van der Waals surface area contributed by atoms with E-state index in [4.69, 9.17) is 0 Å². The van der Waals surface area contributed by atoms with Gasteiger partial charge in [0, 0.05) is 31.6 Å². The number of hydrogen-bond donors (Lipinski definition) is 1. The molecule has 0 aromatic carbocycles. The van der Waals surface area contributed by atoms with Gasteiger partial charge in [0.25, 0.3) is 5.91 Å². The number of nitrogens with zero attached hydrogens (tertiary/aromatic N) is 3. The second-order valence-electron chi connectivity index (χ2n) is 5.61. The second kappa shape index (κ2) is 6.18. The molecule has 2 aliphatic heterocycles. The lowest BCUT2D eigenvalue weighted by Crippen LogP contribution is -2.37. The van der Waals surface area contributed by atoms with Crippen LogP contribution in [0.5, 0.6) is 0 Å². The van der Waals surface area contributed by atoms with E-state index < -0.39 is 0 Å². The third kappa shape index (κ3) is 2.86. The van der Waals surface area contributed by atoms with Gasteiger partial charge in [0.15, 0.2) is 0 Å². The van der Waals surface area contributed by atoms with Crippen molar-refractivity contribution in [3.8, 4) is 0 Å². The van der Waals surface area contributed by atoms with Crippen LogP contribution in [-0.2, 0) is 0 Å². The van der Waals surface area contributed by atoms with Gasteiger partial charge in [0.05, 0.1) is 6.04 Å². The lowest BCUT2D eigenvalue weighted by molar-refractivity contribution is 0.0740. The van der Waals surface area contributed by atoms with Crippen molar-refractivity contribution in [2.24, 2.45) is 0 Å². The number of nitrogens with one attached hydrogen (secondary N) is 1. The second-order valence-corrected chi connectivity index (χ2v) is 6.76. The summed E-state index contributed by atoms with van der Waals surface area (Å²) in [6, 6.07) is 2.61. The van der Waals surface area contributed by atoms with Crippen LogP contribution in [-0.4, -0.2) is 58.3 Å². The number of piperidine rings is 1. The van der Waals surface area contributed by atoms with Crippen LogP contribution in [0.2, 0.25) is 0 Å². The standard InChI is InChI=1S/C14H22N4OS/c1-17(12-5-8-20-10-12)14(19)13-4-7-18(16-13)11-3-2-6-15-9-11/h4,7,11-12,15H,2-3,5-6,8-10H2,1H3/t11-,12+/m0/s1. The van der Waals surface area contributed by atoms with Crippen molar-refractivity contribution in [2.75, 3.05) is 31.6 Å². The fourth-order valence-corrected chi connectivity index (χ4v) is 4.16. The van der Waals surface area contributed by atoms with Crippen molar-refractivity contribution in [2.45, 2.75) is 31.3 Å². The van der Waals surface area contributed by atoms with E-state index >= 15 is 0 Å². The summed E-state index contributed by atoms with van der Waals surface area (Å²) < 4.78 is 1.95. The van der Waals surface area contributed by atoms with Crippen molar-refractivity contribution >= 4 is 17.7 Å². The molecule has 0 aliphatic carbocycles. The number of rotatable bonds is 3. The van der Waals surface area contributed by atoms with Crippen molar-refractivity contribution in [1.29, 1.82) is 0 Å². The van der Waals surface area contributed by atoms with E-state index in [0.717, 1.165) is 37.4 Å². The average molecular weight is 294 g/mol. The highest BCUT2D eigenvalue weighted by molar-refractivity contribution is 7.99. The van der Waals surface area contributed by atoms with E-state index in [9.17, 15) is 4.79 Å². The van der Waals surface area contributed by atoms with E-state index in [0.29, 0.717) is 17.8 Å². The first-order valence-electron chi connectivity index (χ1n) is 7.36. The summed E-state index contributed by atoms with van der Waals surface area (Å²) in [5.41, 5.74) is 0.579. The first-order valence-corrected chi connectivity index (χ1v) is 8.52. The van der Waals surface area contributed by atoms with Gasteiger partial charge in [-0.25, -0.2) is 0 Å². The molecule has 1 aromatic rings. The molecule has 1 amide bonds. The molecule has 0 unspecified atom stereocenters. The first kappa shape index (κ1) is 13.9. The minimum atomic E-state index is 0.0556. The molecular formula is C14H22N4OS. The molecule has 1 N–H and O–H groups in total. The molecule has 110 valence electrons. The Morgan fingerprint density at radius 1 is 1.55 bits per heavy atom. The Bertz CT molecular complexity index is 463. The Morgan fingerprint density at radius 2 is 2.45 bits per heavy atom. The minimum absolute atomic E-state index is 0.0556. The van der Waals surface area contributed by atoms with Gasteiger partial charge in [0.1, 0.15) is 5.69 Å². The quantitative estimate of drug-likeness (QED) is 0.915. The van der Waals surface area contributed by atoms with Crippen LogP contribution >= 0.6 is 11.8 Å². The van der Waals surface area contributed by atoms with Crippen LogP contribution in [0.4, 0.5) is 0 Å². The fraction of sp³-hybridized carbons (Fsp3) is 0.714. The molecule has 0 saturated carbocycles. The van der Waals surface area contributed by atoms with E-state index in [1.165, 1.54) is 6.42 Å². The summed E-state index contributed by atoms with van der Waals surface area (Å²) in [6.45, 7) is 2.04. The number of aromatic nitrogens is 2. The lowest BCUT2D eigenvalue weighted by Gasteiger charge is -2.24. The smallest absolute Gasteiger partial charge is 0.274 e. The molecule has 3 heterocycles. The van der Waals surface area contributed by atoms with Crippen LogP contribution in [0.3, 0.4) is 0 Å². The highest BCUT2D eigenvalue weighted by Gasteiger charge is 2.26. The van der Waals surface area contributed by atoms with Gasteiger partial charge < -0.3 is 10.2 Å². The van der Waals surface area contributed by atoms with Gasteiger partial charge in [-0.2, -0.15) is 16.9 Å². The Labute approximate surface area is 124 Å². The Morgan fingerprint density at radius 3 is 3.15 bits per heavy atom. The van der Waals surface area contributed by atoms with Gasteiger partial charge >= 0.3 is 0 Å². The fourth-order valence-electron chi connectivity index (χ4n) is 2.89. The summed E-state index contributed by atoms with van der Waals surface area (Å²) in [7, 11) is 1.90. The first-order chi connectivity index (χ1) is 9.75. The summed E-state index contributed by atoms with van der Waals surface area (Å²) in [4.78, 5) is 14.3. The van der Waals surface area contributed by atoms with Crippen molar-refractivity contribution in [3.05, 3.63) is 18.0 Å². The van der Waals surface area contributed by atoms with Gasteiger partial charge in [-0.3, -0.25) is 9.48 Å². The predicted octanol–water partition coefficient (Wildman–Crippen LogP) is 1.39. The van der Waals surface area contributed by atoms with Crippen molar-refractivity contribution in [1.82, 2.24) is 20.0 Å². The van der Waals surface area contributed by atoms with Crippen LogP contribution in [0.15, 0.2) is 12.3 Å². The van der Waals surface area contributed by atoms with E-state index in [-0.39, 0.29) is 5.91 Å². The maximum Gasteiger partial charge on any atom is 0.274 e.